The molecule has 0 radical (unpaired) electrons. The van der Waals surface area contributed by atoms with Crippen molar-refractivity contribution in [2.24, 2.45) is 0 Å². The van der Waals surface area contributed by atoms with Crippen LogP contribution in [-0.4, -0.2) is 41.0 Å². The van der Waals surface area contributed by atoms with Crippen LogP contribution in [0.2, 0.25) is 0 Å². The van der Waals surface area contributed by atoms with Crippen molar-refractivity contribution in [3.05, 3.63) is 27.0 Å². The molecule has 106 valence electrons. The Hall–Kier alpha value is -1.21. The van der Waals surface area contributed by atoms with Gasteiger partial charge in [0.05, 0.1) is 9.40 Å². The van der Waals surface area contributed by atoms with Crippen LogP contribution in [0.5, 0.6) is 0 Å². The number of hydrogen-bond acceptors (Lipinski definition) is 5. The van der Waals surface area contributed by atoms with Crippen LogP contribution in [0.15, 0.2) is 16.9 Å². The maximum atomic E-state index is 10.9. The summed E-state index contributed by atoms with van der Waals surface area (Å²) < 4.78 is 0.605. The third-order valence-electron chi connectivity index (χ3n) is 3.19. The minimum absolute atomic E-state index is 0.0134. The van der Waals surface area contributed by atoms with Gasteiger partial charge in [-0.05, 0) is 36.3 Å². The summed E-state index contributed by atoms with van der Waals surface area (Å²) in [5.74, 6) is 0. The molecule has 1 aromatic heterocycles. The minimum Gasteiger partial charge on any atom is -0.377 e. The number of anilines is 1. The Morgan fingerprint density at radius 3 is 2.84 bits per heavy atom. The molecule has 0 fully saturated rings. The van der Waals surface area contributed by atoms with E-state index in [1.54, 1.807) is 6.20 Å². The van der Waals surface area contributed by atoms with E-state index in [-0.39, 0.29) is 5.69 Å². The molecule has 6 nitrogen and oxygen atoms in total. The normalized spacial score (nSPS) is 12.5. The van der Waals surface area contributed by atoms with Gasteiger partial charge in [-0.2, -0.15) is 0 Å². The number of likely N-dealkylation sites (N-methyl/N-ethyl adjacent to an activating group) is 1. The first-order valence-electron chi connectivity index (χ1n) is 6.19. The molecule has 1 N–H and O–H groups in total. The van der Waals surface area contributed by atoms with Crippen LogP contribution < -0.4 is 5.32 Å². The summed E-state index contributed by atoms with van der Waals surface area (Å²) in [6.45, 7) is 5.76. The number of rotatable bonds is 7. The quantitative estimate of drug-likeness (QED) is 0.614. The number of hydrogen-bond donors (Lipinski definition) is 1. The summed E-state index contributed by atoms with van der Waals surface area (Å²) in [5, 5.41) is 14.0. The predicted molar refractivity (Wildman–Crippen MR) is 79.5 cm³/mol. The Kier molecular flexibility index (Phi) is 6.17. The summed E-state index contributed by atoms with van der Waals surface area (Å²) in [6, 6.07) is 0.498. The molecule has 0 spiro atoms. The van der Waals surface area contributed by atoms with E-state index in [1.165, 1.54) is 6.20 Å². The first-order chi connectivity index (χ1) is 8.97. The van der Waals surface area contributed by atoms with E-state index >= 15 is 0 Å². The second-order valence-corrected chi connectivity index (χ2v) is 5.29. The molecule has 1 aromatic rings. The van der Waals surface area contributed by atoms with Gasteiger partial charge in [-0.15, -0.1) is 0 Å². The number of nitro groups is 1. The number of nitrogens with zero attached hydrogens (tertiary/aromatic N) is 3. The number of nitrogens with one attached hydrogen (secondary N) is 1. The lowest BCUT2D eigenvalue weighted by atomic mass is 10.2. The number of halogens is 1. The van der Waals surface area contributed by atoms with Crippen LogP contribution in [0, 0.1) is 10.1 Å². The Morgan fingerprint density at radius 1 is 1.58 bits per heavy atom. The highest BCUT2D eigenvalue weighted by molar-refractivity contribution is 9.10. The zero-order valence-corrected chi connectivity index (χ0v) is 13.0. The summed E-state index contributed by atoms with van der Waals surface area (Å²) >= 11 is 3.28. The third kappa shape index (κ3) is 4.43. The van der Waals surface area contributed by atoms with Gasteiger partial charge in [0.15, 0.2) is 0 Å². The molecule has 1 atom stereocenters. The molecule has 0 saturated carbocycles. The SMILES string of the molecule is CCC(C)N(C)CCNc1c(Br)cncc1[N+](=O)[O-]. The zero-order chi connectivity index (χ0) is 14.4. The molecule has 0 amide bonds. The van der Waals surface area contributed by atoms with Crippen molar-refractivity contribution < 1.29 is 4.92 Å². The first-order valence-corrected chi connectivity index (χ1v) is 6.98. The van der Waals surface area contributed by atoms with E-state index in [4.69, 9.17) is 0 Å². The lowest BCUT2D eigenvalue weighted by Gasteiger charge is -2.23. The monoisotopic (exact) mass is 330 g/mol. The summed E-state index contributed by atoms with van der Waals surface area (Å²) in [5.41, 5.74) is 0.470. The van der Waals surface area contributed by atoms with Crippen molar-refractivity contribution in [2.75, 3.05) is 25.5 Å². The van der Waals surface area contributed by atoms with E-state index in [9.17, 15) is 10.1 Å². The lowest BCUT2D eigenvalue weighted by molar-refractivity contribution is -0.384. The molecule has 0 bridgehead atoms. The predicted octanol–water partition coefficient (Wildman–Crippen LogP) is 2.89. The molecule has 0 aliphatic rings. The molecular weight excluding hydrogens is 312 g/mol. The molecule has 0 aliphatic carbocycles. The molecular formula is C12H19BrN4O2. The van der Waals surface area contributed by atoms with Gasteiger partial charge in [-0.25, -0.2) is 0 Å². The maximum Gasteiger partial charge on any atom is 0.311 e. The van der Waals surface area contributed by atoms with Crippen LogP contribution >= 0.6 is 15.9 Å². The molecule has 1 rings (SSSR count). The third-order valence-corrected chi connectivity index (χ3v) is 3.79. The molecule has 1 heterocycles. The van der Waals surface area contributed by atoms with E-state index in [1.807, 2.05) is 7.05 Å². The van der Waals surface area contributed by atoms with E-state index in [2.05, 4.69) is 45.0 Å². The molecule has 1 unspecified atom stereocenters. The fourth-order valence-electron chi connectivity index (χ4n) is 1.63. The van der Waals surface area contributed by atoms with Crippen LogP contribution in [0.25, 0.3) is 0 Å². The summed E-state index contributed by atoms with van der Waals surface area (Å²) in [7, 11) is 2.05. The highest BCUT2D eigenvalue weighted by atomic mass is 79.9. The topological polar surface area (TPSA) is 71.3 Å². The highest BCUT2D eigenvalue weighted by Crippen LogP contribution is 2.30. The Bertz CT molecular complexity index is 442. The van der Waals surface area contributed by atoms with Gasteiger partial charge in [-0.1, -0.05) is 6.92 Å². The van der Waals surface area contributed by atoms with Crippen molar-refractivity contribution in [1.82, 2.24) is 9.88 Å². The van der Waals surface area contributed by atoms with E-state index < -0.39 is 4.92 Å². The maximum absolute atomic E-state index is 10.9. The van der Waals surface area contributed by atoms with Gasteiger partial charge in [0.2, 0.25) is 0 Å². The first kappa shape index (κ1) is 15.8. The average Bonchev–Trinajstić information content (AvgIpc) is 2.39. The molecule has 7 heteroatoms. The van der Waals surface area contributed by atoms with Gasteiger partial charge in [0.1, 0.15) is 11.9 Å². The Balaban J connectivity index is 2.65. The molecule has 0 aliphatic heterocycles. The van der Waals surface area contributed by atoms with Gasteiger partial charge >= 0.3 is 5.69 Å². The van der Waals surface area contributed by atoms with Crippen molar-refractivity contribution in [1.29, 1.82) is 0 Å². The van der Waals surface area contributed by atoms with E-state index in [0.29, 0.717) is 22.7 Å². The van der Waals surface area contributed by atoms with Crippen molar-refractivity contribution in [3.8, 4) is 0 Å². The molecule has 19 heavy (non-hydrogen) atoms. The van der Waals surface area contributed by atoms with Gasteiger partial charge in [0.25, 0.3) is 0 Å². The second-order valence-electron chi connectivity index (χ2n) is 4.44. The van der Waals surface area contributed by atoms with Crippen LogP contribution in [0.1, 0.15) is 20.3 Å². The smallest absolute Gasteiger partial charge is 0.311 e. The lowest BCUT2D eigenvalue weighted by Crippen LogP contribution is -2.32. The van der Waals surface area contributed by atoms with Crippen LogP contribution in [0.4, 0.5) is 11.4 Å². The van der Waals surface area contributed by atoms with Gasteiger partial charge in [0, 0.05) is 25.3 Å². The van der Waals surface area contributed by atoms with Gasteiger partial charge < -0.3 is 10.2 Å². The summed E-state index contributed by atoms with van der Waals surface area (Å²) in [6.07, 6.45) is 3.88. The minimum atomic E-state index is -0.432. The van der Waals surface area contributed by atoms with E-state index in [0.717, 1.165) is 13.0 Å². The average molecular weight is 331 g/mol. The Morgan fingerprint density at radius 2 is 2.26 bits per heavy atom. The van der Waals surface area contributed by atoms with Crippen molar-refractivity contribution in [3.63, 3.8) is 0 Å². The summed E-state index contributed by atoms with van der Waals surface area (Å²) in [4.78, 5) is 16.5. The van der Waals surface area contributed by atoms with Gasteiger partial charge in [-0.3, -0.25) is 15.1 Å². The second kappa shape index (κ2) is 7.40. The largest absolute Gasteiger partial charge is 0.377 e. The van der Waals surface area contributed by atoms with Crippen LogP contribution in [-0.2, 0) is 0 Å². The standard InChI is InChI=1S/C12H19BrN4O2/c1-4-9(2)16(3)6-5-15-12-10(13)7-14-8-11(12)17(18)19/h7-9H,4-6H2,1-3H3,(H,14,15). The fraction of sp³-hybridized carbons (Fsp3) is 0.583. The number of aromatic nitrogens is 1. The molecule has 0 aromatic carbocycles. The highest BCUT2D eigenvalue weighted by Gasteiger charge is 2.17. The fourth-order valence-corrected chi connectivity index (χ4v) is 2.09. The zero-order valence-electron chi connectivity index (χ0n) is 11.4. The van der Waals surface area contributed by atoms with Crippen molar-refractivity contribution >= 4 is 27.3 Å². The van der Waals surface area contributed by atoms with Crippen LogP contribution in [0.3, 0.4) is 0 Å². The molecule has 0 saturated heterocycles. The Labute approximate surface area is 121 Å². The van der Waals surface area contributed by atoms with Crippen molar-refractivity contribution in [2.45, 2.75) is 26.3 Å². The number of pyridine rings is 1.